The van der Waals surface area contributed by atoms with Crippen molar-refractivity contribution in [1.29, 1.82) is 0 Å². The fourth-order valence-corrected chi connectivity index (χ4v) is 2.78. The Hall–Kier alpha value is -2.59. The minimum atomic E-state index is -3.70. The van der Waals surface area contributed by atoms with E-state index in [9.17, 15) is 8.42 Å². The highest BCUT2D eigenvalue weighted by Gasteiger charge is 2.21. The molecule has 0 saturated carbocycles. The fraction of sp³-hybridized carbons (Fsp3) is 0.167. The number of anilines is 4. The van der Waals surface area contributed by atoms with Gasteiger partial charge in [0.1, 0.15) is 11.6 Å². The first-order chi connectivity index (χ1) is 10.3. The quantitative estimate of drug-likeness (QED) is 0.587. The van der Waals surface area contributed by atoms with E-state index in [1.54, 1.807) is 12.1 Å². The lowest BCUT2D eigenvalue weighted by molar-refractivity contribution is 0.598. The molecule has 22 heavy (non-hydrogen) atoms. The van der Waals surface area contributed by atoms with Gasteiger partial charge in [0.2, 0.25) is 16.0 Å². The van der Waals surface area contributed by atoms with Crippen LogP contribution in [0.3, 0.4) is 0 Å². The molecule has 2 heterocycles. The molecule has 1 aliphatic heterocycles. The van der Waals surface area contributed by atoms with Crippen LogP contribution in [0.25, 0.3) is 0 Å². The second kappa shape index (κ2) is 5.00. The van der Waals surface area contributed by atoms with Gasteiger partial charge >= 0.3 is 0 Å². The highest BCUT2D eigenvalue weighted by Crippen LogP contribution is 2.28. The Balaban J connectivity index is 1.89. The number of nitrogens with one attached hydrogen (secondary N) is 1. The number of hydrogen-bond acceptors (Lipinski definition) is 8. The van der Waals surface area contributed by atoms with Gasteiger partial charge in [0.25, 0.3) is 0 Å². The smallest absolute Gasteiger partial charge is 0.238 e. The van der Waals surface area contributed by atoms with Crippen molar-refractivity contribution < 1.29 is 8.42 Å². The molecule has 0 amide bonds. The zero-order chi connectivity index (χ0) is 15.9. The number of nitrogens with two attached hydrogens (primary N) is 3. The summed E-state index contributed by atoms with van der Waals surface area (Å²) in [6, 6.07) is 6.29. The molecule has 0 saturated heterocycles. The third kappa shape index (κ3) is 2.61. The molecule has 0 unspecified atom stereocenters. The van der Waals surface area contributed by atoms with Crippen molar-refractivity contribution in [2.45, 2.75) is 11.4 Å². The third-order valence-electron chi connectivity index (χ3n) is 3.37. The molecule has 116 valence electrons. The molecule has 0 aliphatic carbocycles. The van der Waals surface area contributed by atoms with Crippen molar-refractivity contribution in [3.63, 3.8) is 0 Å². The number of sulfonamides is 1. The molecule has 3 rings (SSSR count). The Kier molecular flexibility index (Phi) is 3.26. The van der Waals surface area contributed by atoms with Gasteiger partial charge in [-0.15, -0.1) is 0 Å². The second-order valence-corrected chi connectivity index (χ2v) is 6.43. The maximum atomic E-state index is 11.3. The molecule has 0 atom stereocenters. The summed E-state index contributed by atoms with van der Waals surface area (Å²) in [6.45, 7) is 0.973. The van der Waals surface area contributed by atoms with Gasteiger partial charge in [-0.05, 0) is 24.3 Å². The summed E-state index contributed by atoms with van der Waals surface area (Å²) in [6.07, 6.45) is 0. The van der Waals surface area contributed by atoms with Gasteiger partial charge in [0.15, 0.2) is 0 Å². The summed E-state index contributed by atoms with van der Waals surface area (Å²) in [5.41, 5.74) is 13.0. The maximum absolute atomic E-state index is 11.3. The molecule has 1 aromatic carbocycles. The number of nitrogen functional groups attached to an aromatic ring is 2. The van der Waals surface area contributed by atoms with Crippen LogP contribution >= 0.6 is 0 Å². The van der Waals surface area contributed by atoms with Crippen LogP contribution in [-0.4, -0.2) is 25.1 Å². The van der Waals surface area contributed by atoms with E-state index in [0.29, 0.717) is 24.8 Å². The first-order valence-electron chi connectivity index (χ1n) is 6.38. The zero-order valence-corrected chi connectivity index (χ0v) is 12.3. The summed E-state index contributed by atoms with van der Waals surface area (Å²) in [5, 5.41) is 8.19. The number of fused-ring (bicyclic) bond motifs is 1. The van der Waals surface area contributed by atoms with Crippen molar-refractivity contribution >= 4 is 33.3 Å². The van der Waals surface area contributed by atoms with Crippen molar-refractivity contribution in [2.75, 3.05) is 28.4 Å². The fourth-order valence-electron chi connectivity index (χ4n) is 2.27. The average molecular weight is 321 g/mol. The molecule has 9 nitrogen and oxygen atoms in total. The van der Waals surface area contributed by atoms with Crippen molar-refractivity contribution in [2.24, 2.45) is 5.14 Å². The predicted octanol–water partition coefficient (Wildman–Crippen LogP) is -0.322. The summed E-state index contributed by atoms with van der Waals surface area (Å²) >= 11 is 0. The van der Waals surface area contributed by atoms with Crippen molar-refractivity contribution in [1.82, 2.24) is 9.97 Å². The van der Waals surface area contributed by atoms with E-state index < -0.39 is 10.0 Å². The van der Waals surface area contributed by atoms with Crippen LogP contribution in [0.4, 0.5) is 23.3 Å². The van der Waals surface area contributed by atoms with Crippen LogP contribution in [0.2, 0.25) is 0 Å². The van der Waals surface area contributed by atoms with Gasteiger partial charge in [-0.3, -0.25) is 0 Å². The SMILES string of the molecule is Nc1nc(N)c2c(n1)NCN(c1ccc(S(N)(=O)=O)cc1)C2. The molecule has 7 N–H and O–H groups in total. The maximum Gasteiger partial charge on any atom is 0.238 e. The molecule has 0 spiro atoms. The number of rotatable bonds is 2. The topological polar surface area (TPSA) is 153 Å². The third-order valence-corrected chi connectivity index (χ3v) is 4.30. The van der Waals surface area contributed by atoms with E-state index in [-0.39, 0.29) is 10.8 Å². The largest absolute Gasteiger partial charge is 0.383 e. The number of primary sulfonamides is 1. The molecular weight excluding hydrogens is 306 g/mol. The number of nitrogens with zero attached hydrogens (tertiary/aromatic N) is 3. The lowest BCUT2D eigenvalue weighted by Gasteiger charge is -2.31. The van der Waals surface area contributed by atoms with Crippen LogP contribution < -0.4 is 26.8 Å². The van der Waals surface area contributed by atoms with Gasteiger partial charge in [-0.2, -0.15) is 9.97 Å². The first kappa shape index (κ1) is 14.4. The lowest BCUT2D eigenvalue weighted by atomic mass is 10.2. The van der Waals surface area contributed by atoms with Gasteiger partial charge in [0.05, 0.1) is 23.7 Å². The summed E-state index contributed by atoms with van der Waals surface area (Å²) in [4.78, 5) is 10.1. The van der Waals surface area contributed by atoms with Gasteiger partial charge < -0.3 is 21.7 Å². The molecular formula is C12H15N7O2S. The number of benzene rings is 1. The summed E-state index contributed by atoms with van der Waals surface area (Å²) < 4.78 is 22.5. The van der Waals surface area contributed by atoms with Crippen LogP contribution in [0.15, 0.2) is 29.2 Å². The normalized spacial score (nSPS) is 14.3. The van der Waals surface area contributed by atoms with Gasteiger partial charge in [-0.1, -0.05) is 0 Å². The molecule has 0 radical (unpaired) electrons. The van der Waals surface area contributed by atoms with E-state index in [1.165, 1.54) is 12.1 Å². The Morgan fingerprint density at radius 3 is 2.45 bits per heavy atom. The lowest BCUT2D eigenvalue weighted by Crippen LogP contribution is -2.35. The van der Waals surface area contributed by atoms with Gasteiger partial charge in [0, 0.05) is 5.69 Å². The Morgan fingerprint density at radius 2 is 1.82 bits per heavy atom. The highest BCUT2D eigenvalue weighted by molar-refractivity contribution is 7.89. The minimum absolute atomic E-state index is 0.0669. The van der Waals surface area contributed by atoms with Crippen molar-refractivity contribution in [3.05, 3.63) is 29.8 Å². The summed E-state index contributed by atoms with van der Waals surface area (Å²) in [7, 11) is -3.70. The number of hydrogen-bond donors (Lipinski definition) is 4. The molecule has 1 aromatic heterocycles. The molecule has 10 heteroatoms. The van der Waals surface area contributed by atoms with Crippen molar-refractivity contribution in [3.8, 4) is 0 Å². The van der Waals surface area contributed by atoms with E-state index >= 15 is 0 Å². The van der Waals surface area contributed by atoms with E-state index in [2.05, 4.69) is 15.3 Å². The predicted molar refractivity (Wildman–Crippen MR) is 83.3 cm³/mol. The molecule has 0 bridgehead atoms. The van der Waals surface area contributed by atoms with E-state index in [0.717, 1.165) is 11.3 Å². The number of aromatic nitrogens is 2. The van der Waals surface area contributed by atoms with Crippen LogP contribution in [-0.2, 0) is 16.6 Å². The first-order valence-corrected chi connectivity index (χ1v) is 7.93. The second-order valence-electron chi connectivity index (χ2n) is 4.87. The standard InChI is InChI=1S/C12H15N7O2S/c13-10-9-5-19(6-16-11(9)18-12(14)17-10)7-1-3-8(4-2-7)22(15,20)21/h1-4H,5-6H2,(H2,15,20,21)(H5,13,14,16,17,18). The average Bonchev–Trinajstić information content (AvgIpc) is 2.46. The highest BCUT2D eigenvalue weighted by atomic mass is 32.2. The van der Waals surface area contributed by atoms with Gasteiger partial charge in [-0.25, -0.2) is 13.6 Å². The molecule has 0 fully saturated rings. The van der Waals surface area contributed by atoms with Crippen LogP contribution in [0, 0.1) is 0 Å². The Bertz CT molecular complexity index is 820. The van der Waals surface area contributed by atoms with Crippen LogP contribution in [0.1, 0.15) is 5.56 Å². The molecule has 1 aliphatic rings. The zero-order valence-electron chi connectivity index (χ0n) is 11.5. The van der Waals surface area contributed by atoms with E-state index in [1.807, 2.05) is 4.90 Å². The van der Waals surface area contributed by atoms with Crippen LogP contribution in [0.5, 0.6) is 0 Å². The molecule has 2 aromatic rings. The Labute approximate surface area is 127 Å². The minimum Gasteiger partial charge on any atom is -0.383 e. The Morgan fingerprint density at radius 1 is 1.14 bits per heavy atom. The van der Waals surface area contributed by atoms with E-state index in [4.69, 9.17) is 16.6 Å². The summed E-state index contributed by atoms with van der Waals surface area (Å²) in [5.74, 6) is 1.05. The monoisotopic (exact) mass is 321 g/mol.